The maximum absolute atomic E-state index is 2.45. The van der Waals surface area contributed by atoms with Crippen LogP contribution in [0.25, 0.3) is 22.0 Å². The van der Waals surface area contributed by atoms with E-state index in [9.17, 15) is 0 Å². The topological polar surface area (TPSA) is 4.93 Å². The summed E-state index contributed by atoms with van der Waals surface area (Å²) in [6, 6.07) is 17.6. The maximum Gasteiger partial charge on any atom is 0.0489 e. The third kappa shape index (κ3) is 1.22. The van der Waals surface area contributed by atoms with Gasteiger partial charge in [-0.05, 0) is 18.6 Å². The molecule has 0 amide bonds. The zero-order valence-electron chi connectivity index (χ0n) is 10.5. The lowest BCUT2D eigenvalue weighted by atomic mass is 9.98. The van der Waals surface area contributed by atoms with E-state index in [1.165, 1.54) is 46.3 Å². The second-order valence-corrected chi connectivity index (χ2v) is 5.11. The number of fused-ring (bicyclic) bond motifs is 3. The summed E-state index contributed by atoms with van der Waals surface area (Å²) in [5.41, 5.74) is 7.00. The number of hydrogen-bond acceptors (Lipinski definition) is 0. The highest BCUT2D eigenvalue weighted by atomic mass is 15.0. The highest BCUT2D eigenvalue weighted by molar-refractivity contribution is 5.98. The quantitative estimate of drug-likeness (QED) is 0.594. The van der Waals surface area contributed by atoms with E-state index in [0.29, 0.717) is 0 Å². The molecular formula is C17H15N. The molecule has 0 N–H and O–H groups in total. The van der Waals surface area contributed by atoms with Crippen LogP contribution in [-0.4, -0.2) is 4.57 Å². The summed E-state index contributed by atoms with van der Waals surface area (Å²) in [5, 5.41) is 1.40. The van der Waals surface area contributed by atoms with Gasteiger partial charge in [-0.15, -0.1) is 0 Å². The summed E-state index contributed by atoms with van der Waals surface area (Å²) < 4.78 is 2.45. The minimum atomic E-state index is 1.17. The largest absolute Gasteiger partial charge is 0.343 e. The van der Waals surface area contributed by atoms with Crippen molar-refractivity contribution < 1.29 is 0 Å². The van der Waals surface area contributed by atoms with E-state index in [1.54, 1.807) is 0 Å². The van der Waals surface area contributed by atoms with Gasteiger partial charge in [0.05, 0.1) is 0 Å². The predicted molar refractivity (Wildman–Crippen MR) is 75.8 cm³/mol. The highest BCUT2D eigenvalue weighted by Crippen LogP contribution is 2.39. The van der Waals surface area contributed by atoms with Crippen molar-refractivity contribution in [3.05, 3.63) is 59.8 Å². The lowest BCUT2D eigenvalue weighted by Crippen LogP contribution is -2.16. The van der Waals surface area contributed by atoms with Crippen molar-refractivity contribution in [2.24, 2.45) is 0 Å². The van der Waals surface area contributed by atoms with Crippen molar-refractivity contribution in [3.63, 3.8) is 0 Å². The molecule has 1 aliphatic heterocycles. The molecule has 2 aromatic carbocycles. The molecule has 88 valence electrons. The maximum atomic E-state index is 2.45. The Labute approximate surface area is 107 Å². The number of aryl methyl sites for hydroxylation is 2. The monoisotopic (exact) mass is 233 g/mol. The average molecular weight is 233 g/mol. The molecule has 0 unspecified atom stereocenters. The van der Waals surface area contributed by atoms with Crippen molar-refractivity contribution in [3.8, 4) is 11.1 Å². The summed E-state index contributed by atoms with van der Waals surface area (Å²) in [6.45, 7) is 3.31. The van der Waals surface area contributed by atoms with E-state index in [2.05, 4.69) is 60.0 Å². The van der Waals surface area contributed by atoms with Crippen LogP contribution in [0.2, 0.25) is 0 Å². The predicted octanol–water partition coefficient (Wildman–Crippen LogP) is 4.17. The number of para-hydroxylation sites is 1. The number of hydrogen-bond donors (Lipinski definition) is 0. The summed E-state index contributed by atoms with van der Waals surface area (Å²) in [7, 11) is 0. The zero-order chi connectivity index (χ0) is 12.1. The third-order valence-corrected chi connectivity index (χ3v) is 3.99. The zero-order valence-corrected chi connectivity index (χ0v) is 10.5. The molecule has 0 spiro atoms. The van der Waals surface area contributed by atoms with Gasteiger partial charge in [0.25, 0.3) is 0 Å². The van der Waals surface area contributed by atoms with Gasteiger partial charge < -0.3 is 4.57 Å². The van der Waals surface area contributed by atoms with Crippen molar-refractivity contribution in [2.45, 2.75) is 19.9 Å². The Kier molecular flexibility index (Phi) is 1.93. The molecule has 0 radical (unpaired) electrons. The van der Waals surface area contributed by atoms with E-state index < -0.39 is 0 Å². The average Bonchev–Trinajstić information content (AvgIpc) is 2.58. The summed E-state index contributed by atoms with van der Waals surface area (Å²) in [6.07, 6.45) is 1.21. The van der Waals surface area contributed by atoms with Crippen LogP contribution in [0.15, 0.2) is 48.5 Å². The van der Waals surface area contributed by atoms with Crippen molar-refractivity contribution in [1.82, 2.24) is 4.57 Å². The molecule has 4 rings (SSSR count). The van der Waals surface area contributed by atoms with Crippen molar-refractivity contribution in [2.75, 3.05) is 0 Å². The summed E-state index contributed by atoms with van der Waals surface area (Å²) in [5.74, 6) is 0. The van der Waals surface area contributed by atoms with Crippen LogP contribution in [-0.2, 0) is 13.0 Å². The van der Waals surface area contributed by atoms with E-state index in [4.69, 9.17) is 0 Å². The number of nitrogens with zero attached hydrogens (tertiary/aromatic N) is 1. The van der Waals surface area contributed by atoms with Crippen LogP contribution < -0.4 is 0 Å². The molecule has 0 saturated carbocycles. The fraction of sp³-hybridized carbons (Fsp3) is 0.176. The Bertz CT molecular complexity index is 732. The molecule has 2 heterocycles. The Morgan fingerprint density at radius 1 is 0.944 bits per heavy atom. The molecule has 0 saturated heterocycles. The Hall–Kier alpha value is -2.02. The van der Waals surface area contributed by atoms with Crippen LogP contribution in [0.3, 0.4) is 0 Å². The van der Waals surface area contributed by atoms with Gasteiger partial charge in [0.15, 0.2) is 0 Å². The summed E-state index contributed by atoms with van der Waals surface area (Å²) >= 11 is 0. The molecule has 0 aliphatic carbocycles. The van der Waals surface area contributed by atoms with Gasteiger partial charge in [-0.2, -0.15) is 0 Å². The van der Waals surface area contributed by atoms with Gasteiger partial charge in [0.2, 0.25) is 0 Å². The first-order chi connectivity index (χ1) is 8.84. The van der Waals surface area contributed by atoms with Crippen molar-refractivity contribution in [1.29, 1.82) is 0 Å². The first-order valence-electron chi connectivity index (χ1n) is 6.52. The van der Waals surface area contributed by atoms with Crippen LogP contribution in [0.5, 0.6) is 0 Å². The van der Waals surface area contributed by atoms with Gasteiger partial charge >= 0.3 is 0 Å². The van der Waals surface area contributed by atoms with E-state index >= 15 is 0 Å². The second kappa shape index (κ2) is 3.49. The lowest BCUT2D eigenvalue weighted by Gasteiger charge is -2.20. The van der Waals surface area contributed by atoms with Crippen LogP contribution in [0.4, 0.5) is 0 Å². The number of rotatable bonds is 1. The molecule has 1 aromatic heterocycles. The fourth-order valence-electron chi connectivity index (χ4n) is 2.98. The molecule has 1 nitrogen and oxygen atoms in total. The van der Waals surface area contributed by atoms with Crippen molar-refractivity contribution >= 4 is 10.9 Å². The standard InChI is InChI=1S/C17H15N/c1-12-6-8-13(9-7-12)17-14-4-2-3-5-15(14)18-11-10-16(17)18/h2-9H,10-11H2,1H3. The minimum absolute atomic E-state index is 1.17. The van der Waals surface area contributed by atoms with E-state index in [1.807, 2.05) is 0 Å². The van der Waals surface area contributed by atoms with Gasteiger partial charge in [-0.3, -0.25) is 0 Å². The van der Waals surface area contributed by atoms with Gasteiger partial charge in [0, 0.05) is 35.1 Å². The molecule has 18 heavy (non-hydrogen) atoms. The van der Waals surface area contributed by atoms with E-state index in [0.717, 1.165) is 0 Å². The molecule has 1 aliphatic rings. The van der Waals surface area contributed by atoms with Gasteiger partial charge in [0.1, 0.15) is 0 Å². The molecular weight excluding hydrogens is 218 g/mol. The van der Waals surface area contributed by atoms with Gasteiger partial charge in [-0.1, -0.05) is 48.0 Å². The van der Waals surface area contributed by atoms with Crippen LogP contribution in [0, 0.1) is 6.92 Å². The number of aromatic nitrogens is 1. The summed E-state index contributed by atoms with van der Waals surface area (Å²) in [4.78, 5) is 0. The van der Waals surface area contributed by atoms with Crippen LogP contribution in [0.1, 0.15) is 11.3 Å². The Morgan fingerprint density at radius 2 is 1.72 bits per heavy atom. The smallest absolute Gasteiger partial charge is 0.0489 e. The minimum Gasteiger partial charge on any atom is -0.343 e. The lowest BCUT2D eigenvalue weighted by molar-refractivity contribution is 0.577. The molecule has 1 heteroatoms. The van der Waals surface area contributed by atoms with Crippen LogP contribution >= 0.6 is 0 Å². The highest BCUT2D eigenvalue weighted by Gasteiger charge is 2.23. The molecule has 0 atom stereocenters. The Balaban J connectivity index is 2.06. The molecule has 3 aromatic rings. The first-order valence-corrected chi connectivity index (χ1v) is 6.52. The number of benzene rings is 2. The van der Waals surface area contributed by atoms with Gasteiger partial charge in [-0.25, -0.2) is 0 Å². The normalized spacial score (nSPS) is 13.4. The fourth-order valence-corrected chi connectivity index (χ4v) is 2.98. The molecule has 0 bridgehead atoms. The Morgan fingerprint density at radius 3 is 2.44 bits per heavy atom. The van der Waals surface area contributed by atoms with E-state index in [-0.39, 0.29) is 0 Å². The first kappa shape index (κ1) is 9.95. The molecule has 0 fully saturated rings. The second-order valence-electron chi connectivity index (χ2n) is 5.11. The third-order valence-electron chi connectivity index (χ3n) is 3.99. The SMILES string of the molecule is Cc1ccc(-c2c3n(c4ccccc24)CC3)cc1.